The molecule has 0 fully saturated rings. The van der Waals surface area contributed by atoms with Crippen LogP contribution >= 0.6 is 57.1 Å². The van der Waals surface area contributed by atoms with Crippen LogP contribution in [0, 0.1) is 18.8 Å². The fourth-order valence-corrected chi connectivity index (χ4v) is 15.8. The second-order valence-corrected chi connectivity index (χ2v) is 25.1. The number of nitrogens with zero attached hydrogens (tertiary/aromatic N) is 6. The van der Waals surface area contributed by atoms with Crippen LogP contribution in [0.15, 0.2) is 72.8 Å². The summed E-state index contributed by atoms with van der Waals surface area (Å²) < 4.78 is 15.3. The Labute approximate surface area is 450 Å². The number of rotatable bonds is 27. The molecule has 0 saturated heterocycles. The largest absolute Gasteiger partial charge is 0.371 e. The summed E-state index contributed by atoms with van der Waals surface area (Å²) in [5, 5.41) is 0. The molecule has 6 aromatic heterocycles. The van der Waals surface area contributed by atoms with Crippen LogP contribution in [0.4, 0.5) is 11.4 Å². The number of aromatic nitrogens is 4. The molecule has 380 valence electrons. The topological polar surface area (TPSA) is 58.0 Å². The Morgan fingerprint density at radius 2 is 0.861 bits per heavy atom. The molecule has 0 saturated carbocycles. The fraction of sp³-hybridized carbons (Fsp3) is 0.475. The summed E-state index contributed by atoms with van der Waals surface area (Å²) in [6.45, 7) is 22.9. The van der Waals surface area contributed by atoms with Gasteiger partial charge in [0.05, 0.1) is 23.1 Å². The highest BCUT2D eigenvalue weighted by atomic mass is 32.1. The van der Waals surface area contributed by atoms with E-state index < -0.39 is 0 Å². The smallest absolute Gasteiger partial charge is 0.116 e. The zero-order valence-electron chi connectivity index (χ0n) is 44.2. The number of anilines is 2. The van der Waals surface area contributed by atoms with Crippen molar-refractivity contribution in [2.45, 2.75) is 152 Å². The highest BCUT2D eigenvalue weighted by Gasteiger charge is 2.27. The van der Waals surface area contributed by atoms with Crippen LogP contribution in [0.2, 0.25) is 0 Å². The monoisotopic (exact) mass is 1050 g/mol. The van der Waals surface area contributed by atoms with Gasteiger partial charge in [0.2, 0.25) is 0 Å². The SMILES string of the molecule is CCCCc1nc2c(-c3cc4sc(-c5ccc(N(CCCC)CC(CC)CCCC)cc5)cc4s3)c3nsnc3c(-c3cc4sc(-c5ccc(N(CCCC)CC(CC)CCCC)cc5)cc4s3)c2nc1C. The summed E-state index contributed by atoms with van der Waals surface area (Å²) in [7, 11) is 0. The number of unbranched alkanes of at least 4 members (excludes halogenated alkanes) is 5. The van der Waals surface area contributed by atoms with Crippen molar-refractivity contribution in [2.75, 3.05) is 36.0 Å². The molecule has 0 bridgehead atoms. The van der Waals surface area contributed by atoms with E-state index in [0.717, 1.165) is 102 Å². The van der Waals surface area contributed by atoms with E-state index in [4.69, 9.17) is 18.7 Å². The van der Waals surface area contributed by atoms with E-state index in [1.807, 2.05) is 45.3 Å². The molecule has 9 aromatic rings. The lowest BCUT2D eigenvalue weighted by atomic mass is 9.98. The van der Waals surface area contributed by atoms with Crippen molar-refractivity contribution in [3.8, 4) is 41.8 Å². The molecule has 0 radical (unpaired) electrons. The third kappa shape index (κ3) is 11.7. The van der Waals surface area contributed by atoms with Gasteiger partial charge in [-0.2, -0.15) is 8.75 Å². The first-order chi connectivity index (χ1) is 35.3. The highest BCUT2D eigenvalue weighted by molar-refractivity contribution is 7.31. The summed E-state index contributed by atoms with van der Waals surface area (Å²) in [6.07, 6.45) is 18.3. The normalized spacial score (nSPS) is 12.8. The van der Waals surface area contributed by atoms with E-state index in [0.29, 0.717) is 0 Å². The van der Waals surface area contributed by atoms with Gasteiger partial charge in [0.1, 0.15) is 22.1 Å². The van der Waals surface area contributed by atoms with E-state index in [2.05, 4.69) is 138 Å². The highest BCUT2D eigenvalue weighted by Crippen LogP contribution is 2.50. The molecule has 0 aliphatic heterocycles. The van der Waals surface area contributed by atoms with Crippen molar-refractivity contribution in [1.29, 1.82) is 0 Å². The number of benzene rings is 3. The molecule has 0 amide bonds. The molecule has 0 N–H and O–H groups in total. The number of hydrogen-bond donors (Lipinski definition) is 0. The first kappa shape index (κ1) is 52.6. The van der Waals surface area contributed by atoms with Gasteiger partial charge in [0.15, 0.2) is 0 Å². The molecule has 3 aromatic carbocycles. The summed E-state index contributed by atoms with van der Waals surface area (Å²) in [4.78, 5) is 21.3. The van der Waals surface area contributed by atoms with Crippen molar-refractivity contribution < 1.29 is 0 Å². The molecule has 6 heterocycles. The first-order valence-electron chi connectivity index (χ1n) is 27.5. The number of hydrogen-bond acceptors (Lipinski definition) is 11. The minimum atomic E-state index is 0.745. The van der Waals surface area contributed by atoms with Crippen LogP contribution in [-0.4, -0.2) is 44.9 Å². The summed E-state index contributed by atoms with van der Waals surface area (Å²) >= 11 is 8.77. The molecule has 9 rings (SSSR count). The Balaban J connectivity index is 1.03. The lowest BCUT2D eigenvalue weighted by Crippen LogP contribution is -2.30. The lowest BCUT2D eigenvalue weighted by Gasteiger charge is -2.29. The predicted molar refractivity (Wildman–Crippen MR) is 323 cm³/mol. The van der Waals surface area contributed by atoms with Crippen LogP contribution in [-0.2, 0) is 6.42 Å². The molecule has 2 atom stereocenters. The molecule has 11 heteroatoms. The zero-order chi connectivity index (χ0) is 50.1. The van der Waals surface area contributed by atoms with Crippen LogP contribution in [0.25, 0.3) is 82.6 Å². The van der Waals surface area contributed by atoms with E-state index >= 15 is 0 Å². The van der Waals surface area contributed by atoms with Crippen molar-refractivity contribution in [1.82, 2.24) is 18.7 Å². The maximum absolute atomic E-state index is 5.55. The third-order valence-corrected chi connectivity index (χ3v) is 20.2. The van der Waals surface area contributed by atoms with Gasteiger partial charge in [-0.15, -0.1) is 45.3 Å². The molecule has 2 unspecified atom stereocenters. The molecule has 0 aliphatic rings. The standard InChI is InChI=1S/C61H76N6S5/c1-9-16-21-41(14-6)38-66(32-19-12-4)45-28-24-43(25-29-45)48-34-50-52(68-48)36-54(70-50)56-58-59(63-47(23-18-11-3)40(8)62-58)57(61-60(56)64-72-65-61)55-37-53-51(71-55)35-49(69-53)44-26-30-46(31-27-44)67(33-20-13-5)39-42(15-7)22-17-10-2/h24-31,34-37,41-42H,9-23,32-33,38-39H2,1-8H3. The first-order valence-corrected chi connectivity index (χ1v) is 31.5. The van der Waals surface area contributed by atoms with Gasteiger partial charge >= 0.3 is 0 Å². The van der Waals surface area contributed by atoms with Crippen LogP contribution in [0.1, 0.15) is 150 Å². The van der Waals surface area contributed by atoms with E-state index in [1.54, 1.807) is 0 Å². The quantitative estimate of drug-likeness (QED) is 0.0511. The molecule has 6 nitrogen and oxygen atoms in total. The minimum absolute atomic E-state index is 0.745. The third-order valence-electron chi connectivity index (χ3n) is 14.9. The Morgan fingerprint density at radius 3 is 1.28 bits per heavy atom. The van der Waals surface area contributed by atoms with Gasteiger partial charge in [-0.25, -0.2) is 9.97 Å². The van der Waals surface area contributed by atoms with Gasteiger partial charge in [-0.05, 0) is 117 Å². The molecular formula is C61H76N6S5. The minimum Gasteiger partial charge on any atom is -0.371 e. The number of thiophene rings is 4. The van der Waals surface area contributed by atoms with Crippen molar-refractivity contribution in [3.05, 3.63) is 84.2 Å². The average Bonchev–Trinajstić information content (AvgIpc) is 4.26. The Bertz CT molecular complexity index is 3090. The Morgan fingerprint density at radius 1 is 0.458 bits per heavy atom. The maximum atomic E-state index is 5.55. The maximum Gasteiger partial charge on any atom is 0.116 e. The number of fused-ring (bicyclic) bond motifs is 4. The van der Waals surface area contributed by atoms with Gasteiger partial charge in [0, 0.05) is 87.0 Å². The second-order valence-electron chi connectivity index (χ2n) is 20.2. The summed E-state index contributed by atoms with van der Waals surface area (Å²) in [5.74, 6) is 1.49. The molecule has 72 heavy (non-hydrogen) atoms. The van der Waals surface area contributed by atoms with Gasteiger partial charge in [0.25, 0.3) is 0 Å². The van der Waals surface area contributed by atoms with Gasteiger partial charge in [-0.3, -0.25) is 0 Å². The average molecular weight is 1050 g/mol. The number of aryl methyl sites for hydroxylation is 2. The van der Waals surface area contributed by atoms with Crippen molar-refractivity contribution in [3.63, 3.8) is 0 Å². The predicted octanol–water partition coefficient (Wildman–Crippen LogP) is 20.2. The van der Waals surface area contributed by atoms with E-state index in [9.17, 15) is 0 Å². The van der Waals surface area contributed by atoms with Crippen molar-refractivity contribution >= 4 is 109 Å². The molecule has 0 spiro atoms. The van der Waals surface area contributed by atoms with Crippen LogP contribution in [0.5, 0.6) is 0 Å². The van der Waals surface area contributed by atoms with E-state index in [-0.39, 0.29) is 0 Å². The second kappa shape index (κ2) is 24.8. The Hall–Kier alpha value is -4.26. The molecule has 0 aliphatic carbocycles. The summed E-state index contributed by atoms with van der Waals surface area (Å²) in [5.41, 5.74) is 13.2. The van der Waals surface area contributed by atoms with E-state index in [1.165, 1.54) is 150 Å². The van der Waals surface area contributed by atoms with Crippen molar-refractivity contribution in [2.24, 2.45) is 11.8 Å². The van der Waals surface area contributed by atoms with Gasteiger partial charge in [-0.1, -0.05) is 131 Å². The molecular weight excluding hydrogens is 977 g/mol. The van der Waals surface area contributed by atoms with Crippen LogP contribution < -0.4 is 9.80 Å². The lowest BCUT2D eigenvalue weighted by molar-refractivity contribution is 0.444. The Kier molecular flexibility index (Phi) is 18.2. The van der Waals surface area contributed by atoms with Gasteiger partial charge < -0.3 is 9.80 Å². The summed E-state index contributed by atoms with van der Waals surface area (Å²) in [6, 6.07) is 28.4. The fourth-order valence-electron chi connectivity index (χ4n) is 10.4. The zero-order valence-corrected chi connectivity index (χ0v) is 48.3. The van der Waals surface area contributed by atoms with Crippen LogP contribution in [0.3, 0.4) is 0 Å².